The molecule has 1 aromatic heterocycles. The van der Waals surface area contributed by atoms with E-state index in [1.165, 1.54) is 12.1 Å². The molecule has 0 bridgehead atoms. The first-order valence-electron chi connectivity index (χ1n) is 6.30. The lowest BCUT2D eigenvalue weighted by Crippen LogP contribution is -2.04. The minimum atomic E-state index is -0.462. The Hall–Kier alpha value is -2.57. The zero-order valence-corrected chi connectivity index (χ0v) is 11.5. The van der Waals surface area contributed by atoms with E-state index in [0.717, 1.165) is 17.7 Å². The summed E-state index contributed by atoms with van der Waals surface area (Å²) in [7, 11) is 1.88. The second-order valence-corrected chi connectivity index (χ2v) is 4.51. The molecule has 7 heteroatoms. The number of hydrogen-bond acceptors (Lipinski definition) is 5. The Morgan fingerprint density at radius 3 is 2.85 bits per heavy atom. The zero-order chi connectivity index (χ0) is 14.7. The number of nitro groups is 1. The van der Waals surface area contributed by atoms with Crippen LogP contribution in [0.25, 0.3) is 0 Å². The van der Waals surface area contributed by atoms with Crippen LogP contribution in [0.4, 0.5) is 17.1 Å². The molecule has 0 saturated heterocycles. The summed E-state index contributed by atoms with van der Waals surface area (Å²) in [5, 5.41) is 18.2. The number of rotatable bonds is 5. The third-order valence-corrected chi connectivity index (χ3v) is 3.04. The van der Waals surface area contributed by atoms with Crippen molar-refractivity contribution in [2.45, 2.75) is 19.9 Å². The number of hydrogen-bond donors (Lipinski definition) is 2. The van der Waals surface area contributed by atoms with Gasteiger partial charge in [0.05, 0.1) is 22.0 Å². The van der Waals surface area contributed by atoms with E-state index in [2.05, 4.69) is 10.4 Å². The van der Waals surface area contributed by atoms with Crippen molar-refractivity contribution in [2.75, 3.05) is 11.1 Å². The molecule has 106 valence electrons. The highest BCUT2D eigenvalue weighted by atomic mass is 16.6. The van der Waals surface area contributed by atoms with Gasteiger partial charge >= 0.3 is 0 Å². The van der Waals surface area contributed by atoms with Crippen molar-refractivity contribution < 1.29 is 4.92 Å². The van der Waals surface area contributed by atoms with E-state index >= 15 is 0 Å². The van der Waals surface area contributed by atoms with Gasteiger partial charge in [0.25, 0.3) is 5.69 Å². The highest BCUT2D eigenvalue weighted by molar-refractivity contribution is 5.69. The molecule has 2 aromatic rings. The lowest BCUT2D eigenvalue weighted by Gasteiger charge is -2.08. The Kier molecular flexibility index (Phi) is 3.88. The molecular weight excluding hydrogens is 258 g/mol. The van der Waals surface area contributed by atoms with Crippen molar-refractivity contribution in [2.24, 2.45) is 7.05 Å². The summed E-state index contributed by atoms with van der Waals surface area (Å²) >= 11 is 0. The minimum Gasteiger partial charge on any atom is -0.397 e. The first-order chi connectivity index (χ1) is 9.51. The van der Waals surface area contributed by atoms with Crippen molar-refractivity contribution in [1.29, 1.82) is 0 Å². The van der Waals surface area contributed by atoms with Crippen molar-refractivity contribution in [3.8, 4) is 0 Å². The Morgan fingerprint density at radius 2 is 2.25 bits per heavy atom. The summed E-state index contributed by atoms with van der Waals surface area (Å²) in [6, 6.07) is 4.41. The Labute approximate surface area is 116 Å². The largest absolute Gasteiger partial charge is 0.397 e. The van der Waals surface area contributed by atoms with Gasteiger partial charge in [0.15, 0.2) is 0 Å². The van der Waals surface area contributed by atoms with Crippen LogP contribution in [0.1, 0.15) is 18.2 Å². The highest BCUT2D eigenvalue weighted by Gasteiger charge is 2.10. The molecule has 0 spiro atoms. The average Bonchev–Trinajstić information content (AvgIpc) is 2.77. The molecule has 3 N–H and O–H groups in total. The second kappa shape index (κ2) is 5.60. The number of nitro benzene ring substituents is 1. The molecule has 0 fully saturated rings. The summed E-state index contributed by atoms with van der Waals surface area (Å²) < 4.78 is 1.77. The molecule has 2 rings (SSSR count). The summed E-state index contributed by atoms with van der Waals surface area (Å²) in [6.07, 6.45) is 2.81. The molecule has 0 radical (unpaired) electrons. The summed E-state index contributed by atoms with van der Waals surface area (Å²) in [5.41, 5.74) is 8.96. The number of nitrogen functional groups attached to an aromatic ring is 1. The predicted octanol–water partition coefficient (Wildman–Crippen LogP) is 2.08. The standard InChI is InChI=1S/C13H17N5O2/c1-3-12-9(8-17(2)16-12)7-15-13-5-4-10(18(19)20)6-11(13)14/h4-6,8,15H,3,7,14H2,1-2H3. The molecule has 1 heterocycles. The van der Waals surface area contributed by atoms with Crippen molar-refractivity contribution in [3.05, 3.63) is 45.8 Å². The van der Waals surface area contributed by atoms with Gasteiger partial charge in [0, 0.05) is 37.5 Å². The van der Waals surface area contributed by atoms with Crippen LogP contribution in [0.15, 0.2) is 24.4 Å². The van der Waals surface area contributed by atoms with Crippen LogP contribution in [0.2, 0.25) is 0 Å². The molecule has 20 heavy (non-hydrogen) atoms. The van der Waals surface area contributed by atoms with E-state index in [4.69, 9.17) is 5.73 Å². The fraction of sp³-hybridized carbons (Fsp3) is 0.308. The normalized spacial score (nSPS) is 10.5. The van der Waals surface area contributed by atoms with Crippen LogP contribution in [0.5, 0.6) is 0 Å². The van der Waals surface area contributed by atoms with E-state index in [0.29, 0.717) is 17.9 Å². The van der Waals surface area contributed by atoms with Gasteiger partial charge in [-0.2, -0.15) is 5.10 Å². The van der Waals surface area contributed by atoms with Crippen LogP contribution < -0.4 is 11.1 Å². The van der Waals surface area contributed by atoms with Gasteiger partial charge in [0.1, 0.15) is 0 Å². The molecule has 7 nitrogen and oxygen atoms in total. The van der Waals surface area contributed by atoms with Gasteiger partial charge in [-0.25, -0.2) is 0 Å². The van der Waals surface area contributed by atoms with Crippen molar-refractivity contribution in [1.82, 2.24) is 9.78 Å². The maximum absolute atomic E-state index is 10.6. The number of aromatic nitrogens is 2. The van der Waals surface area contributed by atoms with Gasteiger partial charge < -0.3 is 11.1 Å². The zero-order valence-electron chi connectivity index (χ0n) is 11.5. The molecule has 1 aromatic carbocycles. The number of nitrogens with two attached hydrogens (primary N) is 1. The summed E-state index contributed by atoms with van der Waals surface area (Å²) in [5.74, 6) is 0. The van der Waals surface area contributed by atoms with E-state index < -0.39 is 4.92 Å². The fourth-order valence-electron chi connectivity index (χ4n) is 2.04. The maximum atomic E-state index is 10.6. The van der Waals surface area contributed by atoms with E-state index in [-0.39, 0.29) is 5.69 Å². The minimum absolute atomic E-state index is 0.0105. The second-order valence-electron chi connectivity index (χ2n) is 4.51. The maximum Gasteiger partial charge on any atom is 0.271 e. The monoisotopic (exact) mass is 275 g/mol. The van der Waals surface area contributed by atoms with Gasteiger partial charge in [-0.1, -0.05) is 6.92 Å². The topological polar surface area (TPSA) is 99.0 Å². The van der Waals surface area contributed by atoms with Crippen LogP contribution in [-0.2, 0) is 20.0 Å². The van der Waals surface area contributed by atoms with E-state index in [1.807, 2.05) is 20.2 Å². The van der Waals surface area contributed by atoms with Crippen molar-refractivity contribution in [3.63, 3.8) is 0 Å². The van der Waals surface area contributed by atoms with E-state index in [9.17, 15) is 10.1 Å². The molecule has 0 atom stereocenters. The fourth-order valence-corrected chi connectivity index (χ4v) is 2.04. The first-order valence-corrected chi connectivity index (χ1v) is 6.30. The number of nitrogens with one attached hydrogen (secondary N) is 1. The average molecular weight is 275 g/mol. The quantitative estimate of drug-likeness (QED) is 0.494. The lowest BCUT2D eigenvalue weighted by atomic mass is 10.2. The van der Waals surface area contributed by atoms with Crippen LogP contribution in [-0.4, -0.2) is 14.7 Å². The van der Waals surface area contributed by atoms with Crippen molar-refractivity contribution >= 4 is 17.1 Å². The lowest BCUT2D eigenvalue weighted by molar-refractivity contribution is -0.384. The van der Waals surface area contributed by atoms with Crippen LogP contribution in [0, 0.1) is 10.1 Å². The molecule has 0 aliphatic rings. The first kappa shape index (κ1) is 13.9. The smallest absolute Gasteiger partial charge is 0.271 e. The summed E-state index contributed by atoms with van der Waals surface area (Å²) in [4.78, 5) is 10.2. The van der Waals surface area contributed by atoms with Crippen LogP contribution in [0.3, 0.4) is 0 Å². The molecule has 0 saturated carbocycles. The highest BCUT2D eigenvalue weighted by Crippen LogP contribution is 2.24. The molecular formula is C13H17N5O2. The number of nitrogens with zero attached hydrogens (tertiary/aromatic N) is 3. The van der Waals surface area contributed by atoms with Crippen LogP contribution >= 0.6 is 0 Å². The number of aryl methyl sites for hydroxylation is 2. The van der Waals surface area contributed by atoms with Gasteiger partial charge in [-0.15, -0.1) is 0 Å². The van der Waals surface area contributed by atoms with Gasteiger partial charge in [0.2, 0.25) is 0 Å². The Morgan fingerprint density at radius 1 is 1.50 bits per heavy atom. The number of anilines is 2. The number of non-ortho nitro benzene ring substituents is 1. The van der Waals surface area contributed by atoms with Gasteiger partial charge in [-0.3, -0.25) is 14.8 Å². The molecule has 0 amide bonds. The third kappa shape index (κ3) is 2.87. The van der Waals surface area contributed by atoms with Gasteiger partial charge in [-0.05, 0) is 12.5 Å². The van der Waals surface area contributed by atoms with E-state index in [1.54, 1.807) is 10.7 Å². The molecule has 0 aliphatic carbocycles. The third-order valence-electron chi connectivity index (χ3n) is 3.04. The predicted molar refractivity (Wildman–Crippen MR) is 77.4 cm³/mol. The Bertz CT molecular complexity index is 636. The SMILES string of the molecule is CCc1nn(C)cc1CNc1ccc([N+](=O)[O-])cc1N. The number of benzene rings is 1. The molecule has 0 unspecified atom stereocenters. The Balaban J connectivity index is 2.12. The summed E-state index contributed by atoms with van der Waals surface area (Å²) in [6.45, 7) is 2.63. The molecule has 0 aliphatic heterocycles.